The van der Waals surface area contributed by atoms with Gasteiger partial charge in [-0.15, -0.1) is 0 Å². The molecule has 4 heteroatoms. The Kier molecular flexibility index (Phi) is 3.95. The topological polar surface area (TPSA) is 29.1 Å². The third-order valence-corrected chi connectivity index (χ3v) is 4.92. The molecule has 0 bridgehead atoms. The van der Waals surface area contributed by atoms with E-state index in [-0.39, 0.29) is 17.7 Å². The standard InChI is InChI=1S/C20H15Cl2NO/c21-14-8-13(9-15(22)10-14)17-11-18(17)20(24)23-19-7-3-5-12-4-1-2-6-16(12)19/h1-10,17-18H,11H2,(H,23,24)/t17-,18-/m1/s1. The van der Waals surface area contributed by atoms with E-state index in [0.29, 0.717) is 10.0 Å². The molecule has 4 rings (SSSR count). The van der Waals surface area contributed by atoms with E-state index in [1.165, 1.54) is 0 Å². The normalized spacial score (nSPS) is 19.2. The average molecular weight is 356 g/mol. The molecule has 120 valence electrons. The predicted molar refractivity (Wildman–Crippen MR) is 99.9 cm³/mol. The Hall–Kier alpha value is -2.03. The Labute approximate surface area is 150 Å². The zero-order chi connectivity index (χ0) is 16.7. The van der Waals surface area contributed by atoms with Gasteiger partial charge in [-0.25, -0.2) is 0 Å². The van der Waals surface area contributed by atoms with Crippen molar-refractivity contribution in [1.82, 2.24) is 0 Å². The van der Waals surface area contributed by atoms with Gasteiger partial charge in [-0.1, -0.05) is 59.6 Å². The van der Waals surface area contributed by atoms with Crippen LogP contribution in [0.3, 0.4) is 0 Å². The van der Waals surface area contributed by atoms with E-state index in [1.54, 1.807) is 6.07 Å². The van der Waals surface area contributed by atoms with Gasteiger partial charge in [-0.05, 0) is 47.6 Å². The Morgan fingerprint density at radius 2 is 1.67 bits per heavy atom. The van der Waals surface area contributed by atoms with Crippen LogP contribution in [0.15, 0.2) is 60.7 Å². The van der Waals surface area contributed by atoms with Crippen molar-refractivity contribution in [3.05, 3.63) is 76.3 Å². The highest BCUT2D eigenvalue weighted by molar-refractivity contribution is 6.34. The number of amides is 1. The molecule has 24 heavy (non-hydrogen) atoms. The summed E-state index contributed by atoms with van der Waals surface area (Å²) in [6.45, 7) is 0. The number of carbonyl (C=O) groups is 1. The molecule has 3 aromatic rings. The van der Waals surface area contributed by atoms with Gasteiger partial charge >= 0.3 is 0 Å². The molecule has 0 spiro atoms. The second-order valence-electron chi connectivity index (χ2n) is 6.17. The molecule has 0 heterocycles. The molecule has 1 amide bonds. The van der Waals surface area contributed by atoms with E-state index >= 15 is 0 Å². The van der Waals surface area contributed by atoms with E-state index in [4.69, 9.17) is 23.2 Å². The molecule has 1 N–H and O–H groups in total. The van der Waals surface area contributed by atoms with Crippen LogP contribution < -0.4 is 5.32 Å². The second kappa shape index (κ2) is 6.12. The van der Waals surface area contributed by atoms with Gasteiger partial charge in [0.25, 0.3) is 0 Å². The average Bonchev–Trinajstić information content (AvgIpc) is 3.35. The van der Waals surface area contributed by atoms with E-state index < -0.39 is 0 Å². The van der Waals surface area contributed by atoms with Crippen LogP contribution in [-0.2, 0) is 4.79 Å². The van der Waals surface area contributed by atoms with Crippen molar-refractivity contribution in [3.8, 4) is 0 Å². The summed E-state index contributed by atoms with van der Waals surface area (Å²) in [4.78, 5) is 12.6. The minimum absolute atomic E-state index is 0.0292. The maximum Gasteiger partial charge on any atom is 0.228 e. The summed E-state index contributed by atoms with van der Waals surface area (Å²) in [7, 11) is 0. The van der Waals surface area contributed by atoms with Gasteiger partial charge in [0.1, 0.15) is 0 Å². The van der Waals surface area contributed by atoms with Crippen molar-refractivity contribution >= 4 is 45.6 Å². The molecule has 1 aliphatic rings. The first-order valence-corrected chi connectivity index (χ1v) is 8.62. The van der Waals surface area contributed by atoms with Crippen molar-refractivity contribution in [1.29, 1.82) is 0 Å². The van der Waals surface area contributed by atoms with E-state index in [1.807, 2.05) is 54.6 Å². The van der Waals surface area contributed by atoms with Crippen molar-refractivity contribution < 1.29 is 4.79 Å². The fourth-order valence-electron chi connectivity index (χ4n) is 3.20. The Bertz CT molecular complexity index is 912. The first-order valence-electron chi connectivity index (χ1n) is 7.86. The molecule has 0 radical (unpaired) electrons. The molecule has 0 aromatic heterocycles. The predicted octanol–water partition coefficient (Wildman–Crippen LogP) is 5.89. The second-order valence-corrected chi connectivity index (χ2v) is 7.04. The van der Waals surface area contributed by atoms with Crippen LogP contribution in [0.25, 0.3) is 10.8 Å². The van der Waals surface area contributed by atoms with Crippen LogP contribution in [0.4, 0.5) is 5.69 Å². The Balaban J connectivity index is 1.53. The monoisotopic (exact) mass is 355 g/mol. The van der Waals surface area contributed by atoms with Gasteiger partial charge in [-0.3, -0.25) is 4.79 Å². The van der Waals surface area contributed by atoms with Crippen LogP contribution >= 0.6 is 23.2 Å². The number of halogens is 2. The smallest absolute Gasteiger partial charge is 0.228 e. The van der Waals surface area contributed by atoms with Crippen molar-refractivity contribution in [3.63, 3.8) is 0 Å². The number of hydrogen-bond acceptors (Lipinski definition) is 1. The molecule has 1 fully saturated rings. The van der Waals surface area contributed by atoms with E-state index in [0.717, 1.165) is 28.4 Å². The van der Waals surface area contributed by atoms with Gasteiger partial charge in [0.2, 0.25) is 5.91 Å². The maximum atomic E-state index is 12.6. The third-order valence-electron chi connectivity index (χ3n) is 4.49. The number of nitrogens with one attached hydrogen (secondary N) is 1. The van der Waals surface area contributed by atoms with Gasteiger partial charge in [0.15, 0.2) is 0 Å². The summed E-state index contributed by atoms with van der Waals surface area (Å²) < 4.78 is 0. The Morgan fingerprint density at radius 1 is 0.958 bits per heavy atom. The van der Waals surface area contributed by atoms with Gasteiger partial charge in [-0.2, -0.15) is 0 Å². The summed E-state index contributed by atoms with van der Waals surface area (Å²) >= 11 is 12.1. The third kappa shape index (κ3) is 3.00. The molecule has 1 saturated carbocycles. The molecule has 0 aliphatic heterocycles. The van der Waals surface area contributed by atoms with Crippen LogP contribution in [0, 0.1) is 5.92 Å². The van der Waals surface area contributed by atoms with Crippen LogP contribution in [0.2, 0.25) is 10.0 Å². The number of anilines is 1. The number of fused-ring (bicyclic) bond motifs is 1. The minimum atomic E-state index is -0.0292. The molecule has 0 saturated heterocycles. The number of benzene rings is 3. The summed E-state index contributed by atoms with van der Waals surface area (Å²) in [5.41, 5.74) is 1.89. The highest BCUT2D eigenvalue weighted by atomic mass is 35.5. The maximum absolute atomic E-state index is 12.6. The zero-order valence-electron chi connectivity index (χ0n) is 12.8. The summed E-state index contributed by atoms with van der Waals surface area (Å²) in [5, 5.41) is 6.46. The largest absolute Gasteiger partial charge is 0.325 e. The number of hydrogen-bond donors (Lipinski definition) is 1. The molecule has 3 aromatic carbocycles. The lowest BCUT2D eigenvalue weighted by molar-refractivity contribution is -0.117. The lowest BCUT2D eigenvalue weighted by atomic mass is 10.1. The van der Waals surface area contributed by atoms with Crippen LogP contribution in [0.5, 0.6) is 0 Å². The molecular formula is C20H15Cl2NO. The fourth-order valence-corrected chi connectivity index (χ4v) is 3.75. The van der Waals surface area contributed by atoms with E-state index in [2.05, 4.69) is 5.32 Å². The zero-order valence-corrected chi connectivity index (χ0v) is 14.3. The van der Waals surface area contributed by atoms with Crippen LogP contribution in [-0.4, -0.2) is 5.91 Å². The van der Waals surface area contributed by atoms with Gasteiger partial charge in [0.05, 0.1) is 0 Å². The molecule has 2 nitrogen and oxygen atoms in total. The summed E-state index contributed by atoms with van der Waals surface area (Å²) in [6.07, 6.45) is 0.827. The molecular weight excluding hydrogens is 341 g/mol. The molecule has 1 aliphatic carbocycles. The number of carbonyl (C=O) groups excluding carboxylic acids is 1. The fraction of sp³-hybridized carbons (Fsp3) is 0.150. The molecule has 0 unspecified atom stereocenters. The van der Waals surface area contributed by atoms with Crippen LogP contribution in [0.1, 0.15) is 17.9 Å². The SMILES string of the molecule is O=C(Nc1cccc2ccccc12)[C@@H]1C[C@@H]1c1cc(Cl)cc(Cl)c1. The summed E-state index contributed by atoms with van der Waals surface area (Å²) in [6, 6.07) is 19.5. The first-order chi connectivity index (χ1) is 11.6. The lowest BCUT2D eigenvalue weighted by Crippen LogP contribution is -2.14. The van der Waals surface area contributed by atoms with E-state index in [9.17, 15) is 4.79 Å². The quantitative estimate of drug-likeness (QED) is 0.623. The van der Waals surface area contributed by atoms with Crippen molar-refractivity contribution in [2.24, 2.45) is 5.92 Å². The highest BCUT2D eigenvalue weighted by Gasteiger charge is 2.44. The number of rotatable bonds is 3. The summed E-state index contributed by atoms with van der Waals surface area (Å²) in [5.74, 6) is 0.210. The lowest BCUT2D eigenvalue weighted by Gasteiger charge is -2.09. The van der Waals surface area contributed by atoms with Gasteiger partial charge in [0, 0.05) is 27.0 Å². The minimum Gasteiger partial charge on any atom is -0.325 e. The Morgan fingerprint density at radius 3 is 2.46 bits per heavy atom. The van der Waals surface area contributed by atoms with Gasteiger partial charge < -0.3 is 5.32 Å². The molecule has 2 atom stereocenters. The van der Waals surface area contributed by atoms with Crippen molar-refractivity contribution in [2.45, 2.75) is 12.3 Å². The first kappa shape index (κ1) is 15.5. The van der Waals surface area contributed by atoms with Crippen molar-refractivity contribution in [2.75, 3.05) is 5.32 Å². The highest BCUT2D eigenvalue weighted by Crippen LogP contribution is 2.49.